The second-order valence-corrected chi connectivity index (χ2v) is 11.8. The summed E-state index contributed by atoms with van der Waals surface area (Å²) >= 11 is 9.59. The predicted octanol–water partition coefficient (Wildman–Crippen LogP) is 7.25. The van der Waals surface area contributed by atoms with E-state index >= 15 is 0 Å². The first-order valence-electron chi connectivity index (χ1n) is 9.98. The second kappa shape index (κ2) is 11.0. The number of esters is 2. The zero-order valence-corrected chi connectivity index (χ0v) is 24.1. The maximum atomic E-state index is 13.7. The molecule has 0 aliphatic carbocycles. The number of benzene rings is 3. The summed E-state index contributed by atoms with van der Waals surface area (Å²) in [7, 11) is -5.99. The van der Waals surface area contributed by atoms with Crippen LogP contribution < -0.4 is 4.74 Å². The summed E-state index contributed by atoms with van der Waals surface area (Å²) in [4.78, 5) is 25.9. The molecule has 0 heterocycles. The van der Waals surface area contributed by atoms with Crippen LogP contribution in [0.2, 0.25) is 0 Å². The Morgan fingerprint density at radius 3 is 1.72 bits per heavy atom. The highest BCUT2D eigenvalue weighted by atomic mass is 79.9. The molecule has 0 amide bonds. The van der Waals surface area contributed by atoms with E-state index in [9.17, 15) is 44.3 Å². The third-order valence-electron chi connectivity index (χ3n) is 5.07. The Morgan fingerprint density at radius 2 is 1.28 bits per heavy atom. The van der Waals surface area contributed by atoms with Gasteiger partial charge in [0.25, 0.3) is 10.1 Å². The number of ether oxygens (including phenoxy) is 2. The minimum Gasteiger partial charge on any atom is -0.435 e. The first-order valence-corrected chi connectivity index (χ1v) is 14.0. The van der Waals surface area contributed by atoms with Gasteiger partial charge in [0.2, 0.25) is 0 Å². The number of carbonyl (C=O) groups is 2. The summed E-state index contributed by atoms with van der Waals surface area (Å²) in [5.41, 5.74) is -7.02. The van der Waals surface area contributed by atoms with Crippen LogP contribution in [-0.4, -0.2) is 48.6 Å². The van der Waals surface area contributed by atoms with Crippen molar-refractivity contribution in [3.8, 4) is 5.75 Å². The van der Waals surface area contributed by atoms with Crippen LogP contribution in [0.4, 0.5) is 26.3 Å². The first kappa shape index (κ1) is 31.3. The lowest BCUT2D eigenvalue weighted by atomic mass is 9.98. The van der Waals surface area contributed by atoms with E-state index in [0.29, 0.717) is 4.47 Å². The van der Waals surface area contributed by atoms with Gasteiger partial charge in [-0.05, 0) is 61.5 Å². The van der Waals surface area contributed by atoms with Gasteiger partial charge in [-0.2, -0.15) is 34.8 Å². The number of alkyl halides is 6. The molecule has 210 valence electrons. The van der Waals surface area contributed by atoms with E-state index in [-0.39, 0.29) is 20.1 Å². The maximum absolute atomic E-state index is 13.7. The number of fused-ring (bicyclic) bond motifs is 1. The monoisotopic (exact) mass is 770 g/mol. The molecule has 0 saturated heterocycles. The van der Waals surface area contributed by atoms with Crippen molar-refractivity contribution in [3.05, 3.63) is 73.1 Å². The van der Waals surface area contributed by atoms with Crippen LogP contribution in [-0.2, 0) is 14.9 Å². The molecular weight excluding hydrogens is 762 g/mol. The minimum atomic E-state index is -6.52. The molecule has 3 aromatic carbocycles. The highest BCUT2D eigenvalue weighted by Crippen LogP contribution is 2.47. The highest BCUT2D eigenvalue weighted by molar-refractivity contribution is 9.11. The standard InChI is InChI=1S/C22H11Br3F6O7S/c23-11-7-14(24)17(15(25)8-11)37-18(32)12-5-1-3-10-4-2-6-13(16(10)12)19(33)38-20(21(26,27)28,22(29,30)31)9-39(34,35)36/h1-8H,9H2,(H,34,35,36). The second-order valence-electron chi connectivity index (χ2n) is 7.74. The molecule has 0 aliphatic rings. The number of halogens is 9. The highest BCUT2D eigenvalue weighted by Gasteiger charge is 2.76. The van der Waals surface area contributed by atoms with Gasteiger partial charge in [-0.25, -0.2) is 9.59 Å². The van der Waals surface area contributed by atoms with Crippen LogP contribution in [0.3, 0.4) is 0 Å². The molecule has 17 heteroatoms. The number of rotatable bonds is 6. The van der Waals surface area contributed by atoms with Crippen LogP contribution in [0.5, 0.6) is 5.75 Å². The average Bonchev–Trinajstić information content (AvgIpc) is 2.77. The maximum Gasteiger partial charge on any atom is 0.438 e. The molecule has 39 heavy (non-hydrogen) atoms. The predicted molar refractivity (Wildman–Crippen MR) is 135 cm³/mol. The van der Waals surface area contributed by atoms with Crippen molar-refractivity contribution >= 4 is 80.6 Å². The van der Waals surface area contributed by atoms with Gasteiger partial charge in [-0.3, -0.25) is 4.55 Å². The molecule has 3 rings (SSSR count). The fraction of sp³-hybridized carbons (Fsp3) is 0.182. The Balaban J connectivity index is 2.17. The molecular formula is C22H11Br3F6O7S. The van der Waals surface area contributed by atoms with Gasteiger partial charge >= 0.3 is 29.9 Å². The Bertz CT molecular complexity index is 1530. The topological polar surface area (TPSA) is 107 Å². The zero-order chi connectivity index (χ0) is 29.6. The Hall–Kier alpha value is -2.21. The van der Waals surface area contributed by atoms with Crippen molar-refractivity contribution in [2.45, 2.75) is 18.0 Å². The van der Waals surface area contributed by atoms with Gasteiger partial charge in [0.15, 0.2) is 5.75 Å². The lowest BCUT2D eigenvalue weighted by Crippen LogP contribution is -2.63. The third-order valence-corrected chi connectivity index (χ3v) is 7.48. The van der Waals surface area contributed by atoms with E-state index in [1.165, 1.54) is 30.3 Å². The number of hydrogen-bond acceptors (Lipinski definition) is 6. The smallest absolute Gasteiger partial charge is 0.435 e. The molecule has 0 unspecified atom stereocenters. The largest absolute Gasteiger partial charge is 0.438 e. The summed E-state index contributed by atoms with van der Waals surface area (Å²) in [6, 6.07) is 9.90. The summed E-state index contributed by atoms with van der Waals surface area (Å²) in [6.07, 6.45) is -13.0. The lowest BCUT2D eigenvalue weighted by molar-refractivity contribution is -0.356. The van der Waals surface area contributed by atoms with Crippen LogP contribution in [0.25, 0.3) is 10.8 Å². The summed E-state index contributed by atoms with van der Waals surface area (Å²) < 4.78 is 124. The number of hydrogen-bond donors (Lipinski definition) is 1. The Labute approximate surface area is 240 Å². The molecule has 0 spiro atoms. The van der Waals surface area contributed by atoms with Crippen molar-refractivity contribution < 1.29 is 58.4 Å². The normalized spacial score (nSPS) is 12.9. The first-order chi connectivity index (χ1) is 17.8. The molecule has 7 nitrogen and oxygen atoms in total. The zero-order valence-electron chi connectivity index (χ0n) is 18.5. The molecule has 0 aromatic heterocycles. The SMILES string of the molecule is O=C(Oc1c(Br)cc(Br)cc1Br)c1cccc2cccc(C(=O)OC(CS(=O)(=O)O)(C(F)(F)F)C(F)(F)F)c12. The van der Waals surface area contributed by atoms with Gasteiger partial charge in [0.1, 0.15) is 5.75 Å². The van der Waals surface area contributed by atoms with Crippen molar-refractivity contribution in [2.24, 2.45) is 0 Å². The van der Waals surface area contributed by atoms with Crippen LogP contribution >= 0.6 is 47.8 Å². The number of carbonyl (C=O) groups excluding carboxylic acids is 2. The van der Waals surface area contributed by atoms with E-state index in [0.717, 1.165) is 18.2 Å². The molecule has 0 fully saturated rings. The van der Waals surface area contributed by atoms with Gasteiger partial charge in [0, 0.05) is 9.86 Å². The molecule has 0 aliphatic heterocycles. The van der Waals surface area contributed by atoms with Crippen LogP contribution in [0.15, 0.2) is 61.9 Å². The Morgan fingerprint density at radius 1 is 0.821 bits per heavy atom. The summed E-state index contributed by atoms with van der Waals surface area (Å²) in [5.74, 6) is -6.52. The van der Waals surface area contributed by atoms with Gasteiger partial charge in [-0.1, -0.05) is 40.2 Å². The molecule has 0 saturated carbocycles. The van der Waals surface area contributed by atoms with Crippen molar-refractivity contribution in [2.75, 3.05) is 5.75 Å². The molecule has 0 bridgehead atoms. The van der Waals surface area contributed by atoms with E-state index in [1.54, 1.807) is 0 Å². The fourth-order valence-electron chi connectivity index (χ4n) is 3.39. The third kappa shape index (κ3) is 6.58. The van der Waals surface area contributed by atoms with E-state index < -0.39 is 62.3 Å². The Kier molecular flexibility index (Phi) is 8.82. The molecule has 1 N–H and O–H groups in total. The van der Waals surface area contributed by atoms with Crippen molar-refractivity contribution in [3.63, 3.8) is 0 Å². The van der Waals surface area contributed by atoms with Crippen molar-refractivity contribution in [1.29, 1.82) is 0 Å². The fourth-order valence-corrected chi connectivity index (χ4v) is 6.72. The van der Waals surface area contributed by atoms with E-state index in [4.69, 9.17) is 9.29 Å². The molecule has 0 radical (unpaired) electrons. The quantitative estimate of drug-likeness (QED) is 0.122. The van der Waals surface area contributed by atoms with Crippen LogP contribution in [0.1, 0.15) is 20.7 Å². The van der Waals surface area contributed by atoms with Gasteiger partial charge in [-0.15, -0.1) is 0 Å². The lowest BCUT2D eigenvalue weighted by Gasteiger charge is -2.35. The average molecular weight is 773 g/mol. The molecule has 3 aromatic rings. The van der Waals surface area contributed by atoms with Gasteiger partial charge < -0.3 is 9.47 Å². The minimum absolute atomic E-state index is 0.0206. The van der Waals surface area contributed by atoms with Crippen molar-refractivity contribution in [1.82, 2.24) is 0 Å². The summed E-state index contributed by atoms with van der Waals surface area (Å²) in [5, 5.41) is -0.420. The van der Waals surface area contributed by atoms with Gasteiger partial charge in [0.05, 0.1) is 20.1 Å². The van der Waals surface area contributed by atoms with E-state index in [2.05, 4.69) is 52.5 Å². The van der Waals surface area contributed by atoms with E-state index in [1.807, 2.05) is 0 Å². The summed E-state index contributed by atoms with van der Waals surface area (Å²) in [6.45, 7) is 0. The molecule has 0 atom stereocenters. The van der Waals surface area contributed by atoms with Crippen LogP contribution in [0, 0.1) is 0 Å².